The molecule has 0 radical (unpaired) electrons. The zero-order chi connectivity index (χ0) is 70.0. The molecular formula is C73H68N14O13. The lowest BCUT2D eigenvalue weighted by atomic mass is 10.0. The largest absolute Gasteiger partial charge is 0.480 e. The number of H-pyrrole nitrogens is 2. The van der Waals surface area contributed by atoms with Gasteiger partial charge in [-0.25, -0.2) is 29.6 Å². The summed E-state index contributed by atoms with van der Waals surface area (Å²) in [4.78, 5) is 117. The van der Waals surface area contributed by atoms with E-state index >= 15 is 0 Å². The second kappa shape index (κ2) is 34.8. The van der Waals surface area contributed by atoms with Crippen LogP contribution in [0.5, 0.6) is 11.5 Å². The molecular weight excluding hydrogens is 1280 g/mol. The number of rotatable bonds is 0. The number of anilines is 5. The monoisotopic (exact) mass is 1350 g/mol. The van der Waals surface area contributed by atoms with Crippen LogP contribution in [0.3, 0.4) is 0 Å². The third-order valence-electron chi connectivity index (χ3n) is 15.3. The van der Waals surface area contributed by atoms with Gasteiger partial charge in [-0.15, -0.1) is 0 Å². The number of fused-ring (bicyclic) bond motifs is 9. The number of hydrazine groups is 2. The van der Waals surface area contributed by atoms with E-state index in [0.717, 1.165) is 86.6 Å². The Hall–Kier alpha value is -13.4. The van der Waals surface area contributed by atoms with Crippen molar-refractivity contribution >= 4 is 87.2 Å². The highest BCUT2D eigenvalue weighted by Crippen LogP contribution is 2.25. The molecule has 9 amide bonds. The molecule has 0 saturated heterocycles. The second-order valence-electron chi connectivity index (χ2n) is 22.2. The summed E-state index contributed by atoms with van der Waals surface area (Å²) < 4.78 is 14.7. The number of aromatic nitrogens is 3. The molecule has 8 aliphatic rings. The Bertz CT molecular complexity index is 4210. The number of carbonyl (C=O) groups excluding carboxylic acids is 8. The lowest BCUT2D eigenvalue weighted by Crippen LogP contribution is -2.41. The average molecular weight is 1350 g/mol. The van der Waals surface area contributed by atoms with Crippen LogP contribution in [0.15, 0.2) is 222 Å². The number of benzene rings is 8. The summed E-state index contributed by atoms with van der Waals surface area (Å²) in [6.45, 7) is 3.13. The van der Waals surface area contributed by atoms with Crippen LogP contribution in [0.25, 0.3) is 10.9 Å². The molecule has 0 spiro atoms. The summed E-state index contributed by atoms with van der Waals surface area (Å²) in [7, 11) is 0. The van der Waals surface area contributed by atoms with Gasteiger partial charge in [0.05, 0.1) is 28.7 Å². The topological polar surface area (TPSA) is 375 Å². The molecule has 508 valence electrons. The van der Waals surface area contributed by atoms with Crippen molar-refractivity contribution in [2.45, 2.75) is 51.9 Å². The number of nitrogens with zero attached hydrogens (tertiary/aromatic N) is 1. The standard InChI is InChI=1S/2C9H9NO.C8H6N2O2.3C8H8N2O.2C8H7NO2.C7H6N2O2/c11-9-8-4-2-1-3-7(8)5-6-10-9;11-9-6-5-7-3-1-2-4-8(7)10-9;11-7-5-3-1-2-4-6(5)9-8(12)10-7;11-8-9-5-6-3-1-2-4-7(6)10-8;11-8-7-4-2-1-3-6(7)5-9-10-8;11-8-5-6-3-1-2-4-7(6)9-10-8;10-8-9-7-4-2-1-3-6(7)5-11-8;10-8-9-5-6-3-1-2-4-7(6)11-8;10-6-4-11-5-2-1-3-8-7(5)9-6/h2*1-4H,5-6H2,(H,10,11);1-4H,(H2,9,10,11,12);1-4H,5H2,(H2,9,10,11);2*1-4,9H,5H2,(H,10,11);2*1-4H,5H2,(H,9,10);1-3H,4H2,(H,8,9,10). The normalized spacial score (nSPS) is 14.4. The van der Waals surface area contributed by atoms with Gasteiger partial charge >= 0.3 is 23.9 Å². The number of ether oxygens (including phenoxy) is 3. The maximum absolute atomic E-state index is 11.2. The molecule has 10 heterocycles. The molecule has 0 aliphatic carbocycles. The number of urea groups is 1. The highest BCUT2D eigenvalue weighted by molar-refractivity contribution is 5.98. The van der Waals surface area contributed by atoms with E-state index in [2.05, 4.69) is 79.9 Å². The molecule has 0 bridgehead atoms. The summed E-state index contributed by atoms with van der Waals surface area (Å²) in [5.74, 6) is 1.80. The summed E-state index contributed by atoms with van der Waals surface area (Å²) in [6, 6.07) is 64.0. The van der Waals surface area contributed by atoms with Gasteiger partial charge in [0.25, 0.3) is 23.3 Å². The smallest absolute Gasteiger partial charge is 0.412 e. The molecule has 0 fully saturated rings. The van der Waals surface area contributed by atoms with Crippen molar-refractivity contribution in [1.82, 2.24) is 47.2 Å². The first-order chi connectivity index (χ1) is 48.7. The van der Waals surface area contributed by atoms with Gasteiger partial charge in [0.1, 0.15) is 12.4 Å². The number of carbonyl (C=O) groups is 8. The summed E-state index contributed by atoms with van der Waals surface area (Å²) in [5, 5.41) is 19.3. The number of amides is 9. The zero-order valence-electron chi connectivity index (χ0n) is 53.5. The molecule has 13 N–H and O–H groups in total. The zero-order valence-corrected chi connectivity index (χ0v) is 53.5. The van der Waals surface area contributed by atoms with E-state index in [0.29, 0.717) is 67.3 Å². The van der Waals surface area contributed by atoms with Crippen LogP contribution >= 0.6 is 0 Å². The quantitative estimate of drug-likeness (QED) is 0.0675. The van der Waals surface area contributed by atoms with Crippen LogP contribution in [-0.2, 0) is 64.6 Å². The molecule has 0 unspecified atom stereocenters. The lowest BCUT2D eigenvalue weighted by molar-refractivity contribution is -0.120. The van der Waals surface area contributed by atoms with Crippen LogP contribution in [-0.4, -0.2) is 75.9 Å². The van der Waals surface area contributed by atoms with Crippen molar-refractivity contribution in [3.05, 3.63) is 283 Å². The van der Waals surface area contributed by atoms with Gasteiger partial charge in [-0.3, -0.25) is 55.3 Å². The van der Waals surface area contributed by atoms with Crippen molar-refractivity contribution in [3.63, 3.8) is 0 Å². The highest BCUT2D eigenvalue weighted by atomic mass is 16.6. The Morgan fingerprint density at radius 1 is 0.370 bits per heavy atom. The number of aromatic amines is 2. The first-order valence-electron chi connectivity index (χ1n) is 31.4. The number of cyclic esters (lactones) is 1. The predicted molar refractivity (Wildman–Crippen MR) is 374 cm³/mol. The Balaban J connectivity index is 0.000000122. The Morgan fingerprint density at radius 2 is 0.970 bits per heavy atom. The van der Waals surface area contributed by atoms with Gasteiger partial charge in [0, 0.05) is 72.4 Å². The number of aryl methyl sites for hydroxylation is 1. The van der Waals surface area contributed by atoms with Crippen molar-refractivity contribution in [2.75, 3.05) is 39.8 Å². The van der Waals surface area contributed by atoms with Crippen molar-refractivity contribution < 1.29 is 52.6 Å². The van der Waals surface area contributed by atoms with Crippen LogP contribution in [0.4, 0.5) is 43.0 Å². The minimum atomic E-state index is -0.473. The van der Waals surface area contributed by atoms with E-state index in [1.807, 2.05) is 158 Å². The number of para-hydroxylation sites is 6. The van der Waals surface area contributed by atoms with E-state index in [1.54, 1.807) is 48.7 Å². The van der Waals surface area contributed by atoms with E-state index in [9.17, 15) is 47.9 Å². The van der Waals surface area contributed by atoms with E-state index in [4.69, 9.17) is 14.2 Å². The second-order valence-corrected chi connectivity index (χ2v) is 22.2. The molecule has 27 nitrogen and oxygen atoms in total. The molecule has 100 heavy (non-hydrogen) atoms. The molecule has 8 aromatic carbocycles. The fourth-order valence-corrected chi connectivity index (χ4v) is 10.3. The predicted octanol–water partition coefficient (Wildman–Crippen LogP) is 8.65. The summed E-state index contributed by atoms with van der Waals surface area (Å²) in [6.07, 6.45) is 3.80. The lowest BCUT2D eigenvalue weighted by Gasteiger charge is -2.17. The SMILES string of the molecule is O=C1CCc2ccccc2N1.O=C1COc2cccnc2N1.O=C1Cc2ccccc2NN1.O=C1NCCc2ccccc21.O=C1NCc2ccccc2N1.O=C1NCc2ccccc2O1.O=C1NNCc2ccccc21.O=C1Nc2ccccc2CO1.O=c1[nH]c(=O)c2ccccc2[nH]1. The summed E-state index contributed by atoms with van der Waals surface area (Å²) >= 11 is 0. The minimum absolute atomic E-state index is 0.0173. The van der Waals surface area contributed by atoms with Crippen molar-refractivity contribution in [1.29, 1.82) is 0 Å². The van der Waals surface area contributed by atoms with Crippen LogP contribution < -0.4 is 79.6 Å². The third-order valence-corrected chi connectivity index (χ3v) is 15.3. The number of hydrogen-bond acceptors (Lipinski definition) is 16. The van der Waals surface area contributed by atoms with E-state index in [1.165, 1.54) is 5.56 Å². The summed E-state index contributed by atoms with van der Waals surface area (Å²) in [5.41, 5.74) is 23.5. The van der Waals surface area contributed by atoms with Crippen molar-refractivity contribution in [2.24, 2.45) is 0 Å². The first-order valence-corrected chi connectivity index (χ1v) is 31.4. The molecule has 8 aliphatic heterocycles. The van der Waals surface area contributed by atoms with Gasteiger partial charge < -0.3 is 51.1 Å². The maximum atomic E-state index is 11.2. The van der Waals surface area contributed by atoms with Gasteiger partial charge in [0.15, 0.2) is 18.2 Å². The molecule has 10 aromatic rings. The molecule has 18 rings (SSSR count). The molecule has 0 atom stereocenters. The van der Waals surface area contributed by atoms with Crippen molar-refractivity contribution in [3.8, 4) is 11.5 Å². The Kier molecular flexibility index (Phi) is 24.2. The van der Waals surface area contributed by atoms with Gasteiger partial charge in [-0.1, -0.05) is 140 Å². The average Bonchev–Trinajstić information content (AvgIpc) is 0.884. The maximum Gasteiger partial charge on any atom is 0.412 e. The molecule has 0 saturated carbocycles. The Labute approximate surface area is 571 Å². The highest BCUT2D eigenvalue weighted by Gasteiger charge is 2.20. The van der Waals surface area contributed by atoms with Gasteiger partial charge in [-0.05, 0) is 107 Å². The van der Waals surface area contributed by atoms with Crippen LogP contribution in [0, 0.1) is 0 Å². The van der Waals surface area contributed by atoms with Crippen LogP contribution in [0.1, 0.15) is 66.1 Å². The number of pyridine rings is 1. The fraction of sp³-hybridized carbons (Fsp3) is 0.137. The fourth-order valence-electron chi connectivity index (χ4n) is 10.3. The van der Waals surface area contributed by atoms with Gasteiger partial charge in [0.2, 0.25) is 11.8 Å². The number of nitrogens with one attached hydrogen (secondary N) is 13. The van der Waals surface area contributed by atoms with Crippen LogP contribution in [0.2, 0.25) is 0 Å². The third kappa shape index (κ3) is 20.1. The van der Waals surface area contributed by atoms with E-state index < -0.39 is 5.69 Å². The number of hydrogen-bond donors (Lipinski definition) is 13. The molecule has 27 heteroatoms. The van der Waals surface area contributed by atoms with Gasteiger partial charge in [-0.2, -0.15) is 0 Å². The first kappa shape index (κ1) is 69.4. The Morgan fingerprint density at radius 3 is 1.72 bits per heavy atom. The van der Waals surface area contributed by atoms with E-state index in [-0.39, 0.29) is 59.9 Å². The molecule has 2 aromatic heterocycles. The minimum Gasteiger partial charge on any atom is -0.480 e.